The molecule has 0 bridgehead atoms. The van der Waals surface area contributed by atoms with E-state index in [-0.39, 0.29) is 53.8 Å². The molecule has 3 saturated heterocycles. The fourth-order valence-corrected chi connectivity index (χ4v) is 9.32. The van der Waals surface area contributed by atoms with Crippen molar-refractivity contribution in [3.8, 4) is 28.5 Å². The molecule has 2 aromatic carbocycles. The van der Waals surface area contributed by atoms with Crippen LogP contribution in [-0.2, 0) is 14.4 Å². The van der Waals surface area contributed by atoms with Gasteiger partial charge in [0.15, 0.2) is 17.1 Å². The third-order valence-electron chi connectivity index (χ3n) is 12.8. The number of aromatic nitrogens is 5. The van der Waals surface area contributed by atoms with Gasteiger partial charge < -0.3 is 30.3 Å². The third-order valence-corrected chi connectivity index (χ3v) is 12.8. The average molecular weight is 860 g/mol. The molecule has 1 saturated carbocycles. The fourth-order valence-electron chi connectivity index (χ4n) is 9.32. The smallest absolute Gasteiger partial charge is 0.270 e. The van der Waals surface area contributed by atoms with Gasteiger partial charge in [-0.3, -0.25) is 29.4 Å². The zero-order valence-corrected chi connectivity index (χ0v) is 35.0. The average Bonchev–Trinajstić information content (AvgIpc) is 3.94. The van der Waals surface area contributed by atoms with Gasteiger partial charge in [-0.1, -0.05) is 6.07 Å². The Morgan fingerprint density at radius 3 is 2.41 bits per heavy atom. The molecule has 18 heteroatoms. The number of fused-ring (bicyclic) bond motifs is 1. The summed E-state index contributed by atoms with van der Waals surface area (Å²) in [7, 11) is 1.41. The maximum absolute atomic E-state index is 14.7. The lowest BCUT2D eigenvalue weighted by Crippen LogP contribution is -2.52. The Labute approximate surface area is 363 Å². The first kappa shape index (κ1) is 41.7. The van der Waals surface area contributed by atoms with Crippen LogP contribution in [0.1, 0.15) is 61.5 Å². The predicted molar refractivity (Wildman–Crippen MR) is 230 cm³/mol. The number of hydrogen-bond acceptors (Lipinski definition) is 13. The van der Waals surface area contributed by atoms with Crippen LogP contribution in [0.5, 0.6) is 17.2 Å². The van der Waals surface area contributed by atoms with Crippen LogP contribution < -0.4 is 30.7 Å². The van der Waals surface area contributed by atoms with Gasteiger partial charge >= 0.3 is 0 Å². The standard InChI is InChI=1S/C45H50FN11O6/c1-62-35-3-2-4-36(39(35)46)63-32-12-7-28(8-13-32)40-38-41(47)49-26-50-42(38)57(53-40)30-9-5-29(6-10-30)45(61)55-21-19-54(20-22-55)24-27-17-18-56(25-27)31-11-14-33(48-23-31)43(59)51-34-15-16-37(58)52-44(34)60/h2-4,7-8,11-14,23,26-27,29-30,34H,5-6,9-10,15-22,24-25H2,1H3,(H,51,59)(H2,47,49,50)(H,52,58,60). The number of ether oxygens (including phenoxy) is 2. The van der Waals surface area contributed by atoms with Gasteiger partial charge in [-0.05, 0) is 93.0 Å². The Balaban J connectivity index is 0.748. The van der Waals surface area contributed by atoms with Crippen LogP contribution in [-0.4, -0.2) is 117 Å². The van der Waals surface area contributed by atoms with E-state index in [0.717, 1.165) is 76.1 Å². The minimum atomic E-state index is -0.749. The Bertz CT molecular complexity index is 2500. The number of amides is 4. The Hall–Kier alpha value is -6.69. The van der Waals surface area contributed by atoms with Crippen molar-refractivity contribution in [1.82, 2.24) is 45.2 Å². The minimum absolute atomic E-state index is 0.0392. The molecule has 0 radical (unpaired) electrons. The molecule has 9 rings (SSSR count). The van der Waals surface area contributed by atoms with E-state index in [0.29, 0.717) is 47.3 Å². The third kappa shape index (κ3) is 8.84. The molecule has 328 valence electrons. The zero-order valence-electron chi connectivity index (χ0n) is 35.0. The molecule has 4 amide bonds. The number of rotatable bonds is 11. The molecule has 5 aromatic rings. The number of methoxy groups -OCH3 is 1. The second kappa shape index (κ2) is 18.0. The van der Waals surface area contributed by atoms with Gasteiger partial charge in [0.05, 0.1) is 30.4 Å². The number of pyridine rings is 1. The van der Waals surface area contributed by atoms with E-state index in [1.807, 2.05) is 27.8 Å². The highest BCUT2D eigenvalue weighted by atomic mass is 19.1. The molecule has 17 nitrogen and oxygen atoms in total. The van der Waals surface area contributed by atoms with Crippen molar-refractivity contribution in [3.05, 3.63) is 78.6 Å². The Morgan fingerprint density at radius 2 is 1.68 bits per heavy atom. The van der Waals surface area contributed by atoms with Crippen LogP contribution in [0.2, 0.25) is 0 Å². The summed E-state index contributed by atoms with van der Waals surface area (Å²) in [4.78, 5) is 70.0. The maximum atomic E-state index is 14.7. The Kier molecular flexibility index (Phi) is 11.9. The predicted octanol–water partition coefficient (Wildman–Crippen LogP) is 4.35. The van der Waals surface area contributed by atoms with Crippen LogP contribution in [0.25, 0.3) is 22.3 Å². The van der Waals surface area contributed by atoms with Gasteiger partial charge in [0.1, 0.15) is 35.3 Å². The van der Waals surface area contributed by atoms with E-state index in [4.69, 9.17) is 20.3 Å². The van der Waals surface area contributed by atoms with Gasteiger partial charge in [-0.2, -0.15) is 9.49 Å². The summed E-state index contributed by atoms with van der Waals surface area (Å²) in [5, 5.41) is 10.6. The molecule has 3 aliphatic heterocycles. The highest BCUT2D eigenvalue weighted by Crippen LogP contribution is 2.39. The number of piperazine rings is 1. The van der Waals surface area contributed by atoms with Crippen molar-refractivity contribution in [2.24, 2.45) is 11.8 Å². The number of piperidine rings is 1. The lowest BCUT2D eigenvalue weighted by Gasteiger charge is -2.38. The fraction of sp³-hybridized carbons (Fsp3) is 0.422. The number of benzene rings is 2. The molecule has 3 aromatic heterocycles. The van der Waals surface area contributed by atoms with Crippen molar-refractivity contribution < 1.29 is 33.0 Å². The zero-order chi connectivity index (χ0) is 43.6. The van der Waals surface area contributed by atoms with Crippen LogP contribution in [0.4, 0.5) is 15.9 Å². The number of anilines is 2. The second-order valence-corrected chi connectivity index (χ2v) is 16.8. The summed E-state index contributed by atoms with van der Waals surface area (Å²) in [6, 6.07) is 14.8. The highest BCUT2D eigenvalue weighted by Gasteiger charge is 2.35. The van der Waals surface area contributed by atoms with E-state index in [1.54, 1.807) is 30.5 Å². The van der Waals surface area contributed by atoms with Crippen molar-refractivity contribution in [2.45, 2.75) is 57.0 Å². The van der Waals surface area contributed by atoms with Gasteiger partial charge in [0, 0.05) is 63.7 Å². The van der Waals surface area contributed by atoms with Gasteiger partial charge in [-0.25, -0.2) is 19.6 Å². The number of halogens is 1. The molecule has 63 heavy (non-hydrogen) atoms. The summed E-state index contributed by atoms with van der Waals surface area (Å²) in [5.74, 6) is -0.258. The van der Waals surface area contributed by atoms with Crippen LogP contribution in [0, 0.1) is 17.7 Å². The molecule has 6 heterocycles. The normalized spacial score (nSPS) is 21.9. The molecule has 4 aliphatic rings. The quantitative estimate of drug-likeness (QED) is 0.159. The molecule has 2 unspecified atom stereocenters. The molecule has 4 N–H and O–H groups in total. The van der Waals surface area contributed by atoms with E-state index >= 15 is 0 Å². The summed E-state index contributed by atoms with van der Waals surface area (Å²) in [5.41, 5.74) is 9.66. The number of carbonyl (C=O) groups is 4. The van der Waals surface area contributed by atoms with Crippen molar-refractivity contribution in [1.29, 1.82) is 0 Å². The van der Waals surface area contributed by atoms with Crippen molar-refractivity contribution in [2.75, 3.05) is 63.6 Å². The SMILES string of the molecule is COc1cccc(Oc2ccc(-c3nn(C4CCC(C(=O)N5CCN(CC6CCN(c7ccc(C(=O)NC8CCC(=O)NC8=O)nc7)C6)CC5)CC4)c4ncnc(N)c34)cc2)c1F. The number of nitrogens with zero attached hydrogens (tertiary/aromatic N) is 8. The van der Waals surface area contributed by atoms with E-state index in [9.17, 15) is 23.6 Å². The maximum Gasteiger partial charge on any atom is 0.270 e. The van der Waals surface area contributed by atoms with Crippen molar-refractivity contribution in [3.63, 3.8) is 0 Å². The van der Waals surface area contributed by atoms with Gasteiger partial charge in [0.25, 0.3) is 5.91 Å². The first-order chi connectivity index (χ1) is 30.6. The molecule has 0 spiro atoms. The van der Waals surface area contributed by atoms with Crippen LogP contribution in [0.3, 0.4) is 0 Å². The monoisotopic (exact) mass is 859 g/mol. The number of nitrogen functional groups attached to an aromatic ring is 1. The minimum Gasteiger partial charge on any atom is -0.494 e. The Morgan fingerprint density at radius 1 is 0.905 bits per heavy atom. The van der Waals surface area contributed by atoms with Gasteiger partial charge in [-0.15, -0.1) is 0 Å². The first-order valence-corrected chi connectivity index (χ1v) is 21.6. The number of nitrogens with two attached hydrogens (primary N) is 1. The summed E-state index contributed by atoms with van der Waals surface area (Å²) in [6.07, 6.45) is 7.72. The van der Waals surface area contributed by atoms with Crippen LogP contribution in [0.15, 0.2) is 67.1 Å². The number of hydrogen-bond donors (Lipinski definition) is 3. The summed E-state index contributed by atoms with van der Waals surface area (Å²) < 4.78 is 27.6. The number of imide groups is 1. The summed E-state index contributed by atoms with van der Waals surface area (Å²) >= 11 is 0. The van der Waals surface area contributed by atoms with E-state index < -0.39 is 23.7 Å². The lowest BCUT2D eigenvalue weighted by molar-refractivity contribution is -0.139. The molecule has 1 aliphatic carbocycles. The molecule has 2 atom stereocenters. The highest BCUT2D eigenvalue weighted by molar-refractivity contribution is 6.03. The molecule has 4 fully saturated rings. The molecular formula is C45H50FN11O6. The summed E-state index contributed by atoms with van der Waals surface area (Å²) in [6.45, 7) is 5.83. The second-order valence-electron chi connectivity index (χ2n) is 16.8. The van der Waals surface area contributed by atoms with Crippen LogP contribution >= 0.6 is 0 Å². The van der Waals surface area contributed by atoms with Crippen molar-refractivity contribution >= 4 is 46.2 Å². The topological polar surface area (TPSA) is 203 Å². The van der Waals surface area contributed by atoms with Gasteiger partial charge in [0.2, 0.25) is 23.5 Å². The number of carbonyl (C=O) groups excluding carboxylic acids is 4. The number of nitrogens with one attached hydrogen (secondary N) is 2. The largest absolute Gasteiger partial charge is 0.494 e. The molecular weight excluding hydrogens is 810 g/mol. The van der Waals surface area contributed by atoms with E-state index in [1.165, 1.54) is 25.6 Å². The first-order valence-electron chi connectivity index (χ1n) is 21.6. The lowest BCUT2D eigenvalue weighted by atomic mass is 9.85. The van der Waals surface area contributed by atoms with E-state index in [2.05, 4.69) is 35.4 Å².